The van der Waals surface area contributed by atoms with E-state index in [1.807, 2.05) is 0 Å². The Hall–Kier alpha value is -0.340. The molecule has 17 heavy (non-hydrogen) atoms. The fraction of sp³-hybridized carbons (Fsp3) is 0.600. The lowest BCUT2D eigenvalue weighted by atomic mass is 9.97. The molecule has 1 aromatic rings. The lowest BCUT2D eigenvalue weighted by molar-refractivity contribution is 0.133. The average Bonchev–Trinajstić information content (AvgIpc) is 2.32. The molecule has 1 fully saturated rings. The summed E-state index contributed by atoms with van der Waals surface area (Å²) in [5.74, 6) is 0. The van der Waals surface area contributed by atoms with Crippen LogP contribution in [0.5, 0.6) is 0 Å². The van der Waals surface area contributed by atoms with E-state index < -0.39 is 0 Å². The van der Waals surface area contributed by atoms with E-state index in [0.29, 0.717) is 4.83 Å². The number of hydrogen-bond acceptors (Lipinski definition) is 1. The van der Waals surface area contributed by atoms with Gasteiger partial charge in [-0.3, -0.25) is 4.90 Å². The van der Waals surface area contributed by atoms with Crippen LogP contribution in [0.2, 0.25) is 0 Å². The first-order valence-corrected chi connectivity index (χ1v) is 7.59. The van der Waals surface area contributed by atoms with Gasteiger partial charge in [0.2, 0.25) is 0 Å². The third kappa shape index (κ3) is 4.11. The van der Waals surface area contributed by atoms with Crippen LogP contribution in [0.1, 0.15) is 38.2 Å². The van der Waals surface area contributed by atoms with E-state index in [4.69, 9.17) is 0 Å². The minimum Gasteiger partial charge on any atom is -0.296 e. The van der Waals surface area contributed by atoms with E-state index in [0.717, 1.165) is 12.6 Å². The monoisotopic (exact) mass is 295 g/mol. The molecule has 0 bridgehead atoms. The van der Waals surface area contributed by atoms with Crippen molar-refractivity contribution in [1.29, 1.82) is 0 Å². The maximum absolute atomic E-state index is 3.70. The minimum absolute atomic E-state index is 0.629. The third-order valence-electron chi connectivity index (χ3n) is 3.57. The maximum Gasteiger partial charge on any atom is 0.0236 e. The number of benzene rings is 1. The normalized spacial score (nSPS) is 23.5. The molecule has 1 aliphatic heterocycles. The highest BCUT2D eigenvalue weighted by atomic mass is 79.9. The van der Waals surface area contributed by atoms with Gasteiger partial charge in [-0.25, -0.2) is 0 Å². The fourth-order valence-electron chi connectivity index (χ4n) is 2.73. The lowest BCUT2D eigenvalue weighted by Gasteiger charge is -2.36. The van der Waals surface area contributed by atoms with Gasteiger partial charge in [0, 0.05) is 17.4 Å². The molecule has 1 heterocycles. The molecule has 2 atom stereocenters. The zero-order chi connectivity index (χ0) is 12.1. The van der Waals surface area contributed by atoms with Crippen molar-refractivity contribution in [3.8, 4) is 0 Å². The summed E-state index contributed by atoms with van der Waals surface area (Å²) < 4.78 is 0. The minimum atomic E-state index is 0.629. The first-order chi connectivity index (χ1) is 8.25. The van der Waals surface area contributed by atoms with Crippen molar-refractivity contribution in [2.24, 2.45) is 0 Å². The predicted octanol–water partition coefficient (Wildman–Crippen LogP) is 4.21. The van der Waals surface area contributed by atoms with Crippen molar-refractivity contribution in [3.05, 3.63) is 35.9 Å². The van der Waals surface area contributed by atoms with Crippen LogP contribution in [-0.4, -0.2) is 22.3 Å². The Morgan fingerprint density at radius 3 is 2.76 bits per heavy atom. The van der Waals surface area contributed by atoms with Gasteiger partial charge in [-0.15, -0.1) is 0 Å². The summed E-state index contributed by atoms with van der Waals surface area (Å²) in [6.45, 7) is 4.64. The second kappa shape index (κ2) is 6.55. The lowest BCUT2D eigenvalue weighted by Crippen LogP contribution is -2.39. The van der Waals surface area contributed by atoms with Gasteiger partial charge in [-0.2, -0.15) is 0 Å². The number of hydrogen-bond donors (Lipinski definition) is 0. The summed E-state index contributed by atoms with van der Waals surface area (Å²) in [6.07, 6.45) is 5.39. The van der Waals surface area contributed by atoms with Crippen LogP contribution < -0.4 is 0 Å². The summed E-state index contributed by atoms with van der Waals surface area (Å²) in [7, 11) is 0. The SMILES string of the molecule is CC(Br)CC1CCCCN1Cc1ccccc1. The maximum atomic E-state index is 3.70. The standard InChI is InChI=1S/C15H22BrN/c1-13(16)11-15-9-5-6-10-17(15)12-14-7-3-2-4-8-14/h2-4,7-8,13,15H,5-6,9-12H2,1H3. The van der Waals surface area contributed by atoms with Crippen LogP contribution in [0.4, 0.5) is 0 Å². The molecular formula is C15H22BrN. The second-order valence-electron chi connectivity index (χ2n) is 5.12. The van der Waals surface area contributed by atoms with Gasteiger partial charge in [0.05, 0.1) is 0 Å². The van der Waals surface area contributed by atoms with Crippen LogP contribution in [0.15, 0.2) is 30.3 Å². The molecule has 0 spiro atoms. The van der Waals surface area contributed by atoms with Crippen molar-refractivity contribution < 1.29 is 0 Å². The summed E-state index contributed by atoms with van der Waals surface area (Å²) in [5, 5.41) is 0. The Morgan fingerprint density at radius 1 is 1.29 bits per heavy atom. The molecular weight excluding hydrogens is 274 g/mol. The molecule has 0 aromatic heterocycles. The molecule has 1 saturated heterocycles. The van der Waals surface area contributed by atoms with Crippen molar-refractivity contribution in [2.75, 3.05) is 6.54 Å². The highest BCUT2D eigenvalue weighted by molar-refractivity contribution is 9.09. The summed E-state index contributed by atoms with van der Waals surface area (Å²) in [4.78, 5) is 3.29. The van der Waals surface area contributed by atoms with Gasteiger partial charge < -0.3 is 0 Å². The Balaban J connectivity index is 1.96. The molecule has 1 nitrogen and oxygen atoms in total. The molecule has 1 aromatic carbocycles. The summed E-state index contributed by atoms with van der Waals surface area (Å²) >= 11 is 3.70. The zero-order valence-corrected chi connectivity index (χ0v) is 12.2. The molecule has 94 valence electrons. The van der Waals surface area contributed by atoms with Gasteiger partial charge in [-0.05, 0) is 31.4 Å². The average molecular weight is 296 g/mol. The van der Waals surface area contributed by atoms with Crippen molar-refractivity contribution in [2.45, 2.75) is 50.0 Å². The number of halogens is 1. The molecule has 2 rings (SSSR count). The number of nitrogens with zero attached hydrogens (tertiary/aromatic N) is 1. The van der Waals surface area contributed by atoms with E-state index in [-0.39, 0.29) is 0 Å². The molecule has 1 aliphatic rings. The third-order valence-corrected chi connectivity index (χ3v) is 3.95. The first kappa shape index (κ1) is 13.1. The smallest absolute Gasteiger partial charge is 0.0236 e. The van der Waals surface area contributed by atoms with E-state index in [1.165, 1.54) is 37.8 Å². The van der Waals surface area contributed by atoms with Crippen LogP contribution in [0.25, 0.3) is 0 Å². The van der Waals surface area contributed by atoms with Crippen molar-refractivity contribution >= 4 is 15.9 Å². The van der Waals surface area contributed by atoms with Crippen molar-refractivity contribution in [1.82, 2.24) is 4.90 Å². The molecule has 2 heteroatoms. The highest BCUT2D eigenvalue weighted by Crippen LogP contribution is 2.24. The zero-order valence-electron chi connectivity index (χ0n) is 10.6. The van der Waals surface area contributed by atoms with Gasteiger partial charge >= 0.3 is 0 Å². The Labute approximate surface area is 113 Å². The molecule has 0 N–H and O–H groups in total. The van der Waals surface area contributed by atoms with E-state index >= 15 is 0 Å². The van der Waals surface area contributed by atoms with Crippen LogP contribution in [-0.2, 0) is 6.54 Å². The quantitative estimate of drug-likeness (QED) is 0.752. The van der Waals surface area contributed by atoms with Gasteiger partial charge in [-0.1, -0.05) is 59.6 Å². The van der Waals surface area contributed by atoms with Gasteiger partial charge in [0.15, 0.2) is 0 Å². The Kier molecular flexibility index (Phi) is 5.05. The van der Waals surface area contributed by atoms with Crippen molar-refractivity contribution in [3.63, 3.8) is 0 Å². The predicted molar refractivity (Wildman–Crippen MR) is 77.5 cm³/mol. The van der Waals surface area contributed by atoms with E-state index in [2.05, 4.69) is 58.1 Å². The molecule has 2 unspecified atom stereocenters. The Bertz CT molecular complexity index is 323. The van der Waals surface area contributed by atoms with Gasteiger partial charge in [0.1, 0.15) is 0 Å². The van der Waals surface area contributed by atoms with Gasteiger partial charge in [0.25, 0.3) is 0 Å². The van der Waals surface area contributed by atoms with Crippen LogP contribution >= 0.6 is 15.9 Å². The number of piperidine rings is 1. The van der Waals surface area contributed by atoms with E-state index in [9.17, 15) is 0 Å². The molecule has 0 radical (unpaired) electrons. The second-order valence-corrected chi connectivity index (χ2v) is 6.69. The molecule has 0 amide bonds. The fourth-order valence-corrected chi connectivity index (χ4v) is 3.16. The topological polar surface area (TPSA) is 3.24 Å². The number of rotatable bonds is 4. The van der Waals surface area contributed by atoms with Crippen LogP contribution in [0, 0.1) is 0 Å². The van der Waals surface area contributed by atoms with Crippen LogP contribution in [0.3, 0.4) is 0 Å². The molecule has 0 saturated carbocycles. The number of alkyl halides is 1. The summed E-state index contributed by atoms with van der Waals surface area (Å²) in [6, 6.07) is 11.6. The summed E-state index contributed by atoms with van der Waals surface area (Å²) in [5.41, 5.74) is 1.45. The highest BCUT2D eigenvalue weighted by Gasteiger charge is 2.23. The molecule has 0 aliphatic carbocycles. The largest absolute Gasteiger partial charge is 0.296 e. The van der Waals surface area contributed by atoms with E-state index in [1.54, 1.807) is 0 Å². The Morgan fingerprint density at radius 2 is 2.06 bits per heavy atom. The first-order valence-electron chi connectivity index (χ1n) is 6.68. The number of likely N-dealkylation sites (tertiary alicyclic amines) is 1.